The molecule has 3 rings (SSSR count). The molecule has 0 saturated heterocycles. The van der Waals surface area contributed by atoms with Gasteiger partial charge in [-0.05, 0) is 47.8 Å². The lowest BCUT2D eigenvalue weighted by Crippen LogP contribution is -2.20. The van der Waals surface area contributed by atoms with E-state index in [-0.39, 0.29) is 11.8 Å². The number of aryl methyl sites for hydroxylation is 1. The molecule has 4 nitrogen and oxygen atoms in total. The summed E-state index contributed by atoms with van der Waals surface area (Å²) in [5, 5.41) is 3.01. The van der Waals surface area contributed by atoms with E-state index in [0.717, 1.165) is 34.5 Å². The number of carbonyl (C=O) groups excluding carboxylic acids is 1. The van der Waals surface area contributed by atoms with Crippen LogP contribution < -0.4 is 5.32 Å². The number of rotatable bonds is 2. The number of hydrogen-bond acceptors (Lipinski definition) is 2. The van der Waals surface area contributed by atoms with Crippen LogP contribution in [0.15, 0.2) is 22.9 Å². The van der Waals surface area contributed by atoms with Crippen LogP contribution in [0.2, 0.25) is 0 Å². The Morgan fingerprint density at radius 2 is 2.16 bits per heavy atom. The maximum atomic E-state index is 12.1. The Labute approximate surface area is 120 Å². The molecular weight excluding hydrogens is 306 g/mol. The summed E-state index contributed by atoms with van der Waals surface area (Å²) in [5.41, 5.74) is 2.74. The van der Waals surface area contributed by atoms with Crippen molar-refractivity contribution >= 4 is 33.2 Å². The molecule has 0 spiro atoms. The summed E-state index contributed by atoms with van der Waals surface area (Å²) < 4.78 is 2.82. The molecule has 1 saturated carbocycles. The molecule has 19 heavy (non-hydrogen) atoms. The van der Waals surface area contributed by atoms with Crippen molar-refractivity contribution in [1.29, 1.82) is 0 Å². The van der Waals surface area contributed by atoms with Crippen LogP contribution in [0.4, 0.5) is 5.69 Å². The number of pyridine rings is 1. The lowest BCUT2D eigenvalue weighted by molar-refractivity contribution is -0.119. The van der Waals surface area contributed by atoms with Crippen LogP contribution in [-0.4, -0.2) is 15.3 Å². The highest BCUT2D eigenvalue weighted by molar-refractivity contribution is 9.10. The smallest absolute Gasteiger partial charge is 0.227 e. The van der Waals surface area contributed by atoms with E-state index in [1.54, 1.807) is 0 Å². The molecule has 1 N–H and O–H groups in total. The molecule has 0 bridgehead atoms. The minimum Gasteiger partial charge on any atom is -0.325 e. The van der Waals surface area contributed by atoms with E-state index in [9.17, 15) is 4.79 Å². The number of halogens is 1. The van der Waals surface area contributed by atoms with Crippen molar-refractivity contribution in [2.75, 3.05) is 5.32 Å². The molecule has 1 aliphatic carbocycles. The highest BCUT2D eigenvalue weighted by Crippen LogP contribution is 2.26. The molecule has 0 atom stereocenters. The van der Waals surface area contributed by atoms with Crippen molar-refractivity contribution in [2.45, 2.75) is 32.6 Å². The fourth-order valence-electron chi connectivity index (χ4n) is 2.64. The molecule has 5 heteroatoms. The van der Waals surface area contributed by atoms with Gasteiger partial charge in [-0.1, -0.05) is 12.8 Å². The third kappa shape index (κ3) is 2.39. The van der Waals surface area contributed by atoms with Crippen LogP contribution in [0.3, 0.4) is 0 Å². The van der Waals surface area contributed by atoms with Crippen molar-refractivity contribution < 1.29 is 4.79 Å². The molecule has 100 valence electrons. The quantitative estimate of drug-likeness (QED) is 0.919. The van der Waals surface area contributed by atoms with Gasteiger partial charge in [-0.3, -0.25) is 4.79 Å². The largest absolute Gasteiger partial charge is 0.325 e. The molecule has 0 radical (unpaired) electrons. The van der Waals surface area contributed by atoms with Crippen LogP contribution in [0.5, 0.6) is 0 Å². The van der Waals surface area contributed by atoms with Crippen molar-refractivity contribution in [3.8, 4) is 0 Å². The van der Waals surface area contributed by atoms with Gasteiger partial charge in [0, 0.05) is 12.1 Å². The Morgan fingerprint density at radius 1 is 1.42 bits per heavy atom. The summed E-state index contributed by atoms with van der Waals surface area (Å²) in [6, 6.07) is 3.82. The first-order chi connectivity index (χ1) is 9.15. The molecule has 2 aromatic heterocycles. The van der Waals surface area contributed by atoms with Crippen LogP contribution >= 0.6 is 15.9 Å². The standard InChI is InChI=1S/C14H16BrN3O/c1-9-13(15)17-12-7-6-11(8-18(9)12)16-14(19)10-4-2-3-5-10/h6-8,10H,2-5H2,1H3,(H,16,19). The molecular formula is C14H16BrN3O. The molecule has 2 aromatic rings. The average Bonchev–Trinajstić information content (AvgIpc) is 3.01. The van der Waals surface area contributed by atoms with Crippen LogP contribution in [-0.2, 0) is 4.79 Å². The van der Waals surface area contributed by atoms with Gasteiger partial charge in [0.1, 0.15) is 10.3 Å². The molecule has 0 aliphatic heterocycles. The van der Waals surface area contributed by atoms with Gasteiger partial charge in [0.2, 0.25) is 5.91 Å². The summed E-state index contributed by atoms with van der Waals surface area (Å²) in [5.74, 6) is 0.333. The number of nitrogens with zero attached hydrogens (tertiary/aromatic N) is 2. The summed E-state index contributed by atoms with van der Waals surface area (Å²) in [6.07, 6.45) is 6.30. The fraction of sp³-hybridized carbons (Fsp3) is 0.429. The zero-order valence-corrected chi connectivity index (χ0v) is 12.4. The molecule has 1 aliphatic rings. The molecule has 2 heterocycles. The number of aromatic nitrogens is 2. The van der Waals surface area contributed by atoms with Crippen LogP contribution in [0.25, 0.3) is 5.65 Å². The maximum absolute atomic E-state index is 12.1. The first-order valence-electron chi connectivity index (χ1n) is 6.60. The Hall–Kier alpha value is -1.36. The van der Waals surface area contributed by atoms with Gasteiger partial charge >= 0.3 is 0 Å². The lowest BCUT2D eigenvalue weighted by Gasteiger charge is -2.10. The zero-order valence-electron chi connectivity index (χ0n) is 10.8. The van der Waals surface area contributed by atoms with Gasteiger partial charge in [-0.2, -0.15) is 0 Å². The second kappa shape index (κ2) is 4.96. The third-order valence-electron chi connectivity index (χ3n) is 3.79. The minimum absolute atomic E-state index is 0.147. The van der Waals surface area contributed by atoms with Gasteiger partial charge in [-0.15, -0.1) is 0 Å². The summed E-state index contributed by atoms with van der Waals surface area (Å²) in [4.78, 5) is 16.5. The van der Waals surface area contributed by atoms with E-state index >= 15 is 0 Å². The SMILES string of the molecule is Cc1c(Br)nc2ccc(NC(=O)C3CCCC3)cn12. The first-order valence-corrected chi connectivity index (χ1v) is 7.39. The van der Waals surface area contributed by atoms with E-state index in [1.165, 1.54) is 12.8 Å². The van der Waals surface area contributed by atoms with Gasteiger partial charge in [0.25, 0.3) is 0 Å². The number of carbonyl (C=O) groups is 1. The van der Waals surface area contributed by atoms with Crippen molar-refractivity contribution in [3.05, 3.63) is 28.6 Å². The number of nitrogens with one attached hydrogen (secondary N) is 1. The van der Waals surface area contributed by atoms with E-state index in [4.69, 9.17) is 0 Å². The average molecular weight is 322 g/mol. The van der Waals surface area contributed by atoms with Gasteiger partial charge < -0.3 is 9.72 Å². The number of imidazole rings is 1. The second-order valence-electron chi connectivity index (χ2n) is 5.10. The highest BCUT2D eigenvalue weighted by Gasteiger charge is 2.22. The van der Waals surface area contributed by atoms with Crippen LogP contribution in [0, 0.1) is 12.8 Å². The van der Waals surface area contributed by atoms with Gasteiger partial charge in [0.05, 0.1) is 11.4 Å². The van der Waals surface area contributed by atoms with Gasteiger partial charge in [-0.25, -0.2) is 4.98 Å². The topological polar surface area (TPSA) is 46.4 Å². The second-order valence-corrected chi connectivity index (χ2v) is 5.86. The van der Waals surface area contributed by atoms with E-state index < -0.39 is 0 Å². The van der Waals surface area contributed by atoms with Crippen molar-refractivity contribution in [3.63, 3.8) is 0 Å². The number of fused-ring (bicyclic) bond motifs is 1. The fourth-order valence-corrected chi connectivity index (χ4v) is 3.01. The number of hydrogen-bond donors (Lipinski definition) is 1. The van der Waals surface area contributed by atoms with E-state index in [2.05, 4.69) is 26.2 Å². The first kappa shape index (κ1) is 12.7. The molecule has 1 fully saturated rings. The van der Waals surface area contributed by atoms with E-state index in [0.29, 0.717) is 0 Å². The Balaban J connectivity index is 1.84. The summed E-state index contributed by atoms with van der Waals surface area (Å²) >= 11 is 3.42. The Bertz CT molecular complexity index is 629. The molecule has 1 amide bonds. The normalized spacial score (nSPS) is 16.1. The number of anilines is 1. The minimum atomic E-state index is 0.147. The molecule has 0 unspecified atom stereocenters. The molecule has 0 aromatic carbocycles. The van der Waals surface area contributed by atoms with Crippen molar-refractivity contribution in [2.24, 2.45) is 5.92 Å². The highest BCUT2D eigenvalue weighted by atomic mass is 79.9. The van der Waals surface area contributed by atoms with Gasteiger partial charge in [0.15, 0.2) is 0 Å². The summed E-state index contributed by atoms with van der Waals surface area (Å²) in [6.45, 7) is 1.99. The van der Waals surface area contributed by atoms with Crippen molar-refractivity contribution in [1.82, 2.24) is 9.38 Å². The Kier molecular flexibility index (Phi) is 3.31. The third-order valence-corrected chi connectivity index (χ3v) is 4.54. The predicted molar refractivity (Wildman–Crippen MR) is 78.2 cm³/mol. The van der Waals surface area contributed by atoms with E-state index in [1.807, 2.05) is 29.7 Å². The maximum Gasteiger partial charge on any atom is 0.227 e. The zero-order chi connectivity index (χ0) is 13.4. The predicted octanol–water partition coefficient (Wildman–Crippen LogP) is 3.53. The Morgan fingerprint density at radius 3 is 2.89 bits per heavy atom. The van der Waals surface area contributed by atoms with Crippen LogP contribution in [0.1, 0.15) is 31.4 Å². The lowest BCUT2D eigenvalue weighted by atomic mass is 10.1. The summed E-state index contributed by atoms with van der Waals surface area (Å²) in [7, 11) is 0. The monoisotopic (exact) mass is 321 g/mol. The number of amides is 1.